The average Bonchev–Trinajstić information content (AvgIpc) is 2.62. The monoisotopic (exact) mass is 258 g/mol. The first-order chi connectivity index (χ1) is 9.27. The molecule has 5 nitrogen and oxygen atoms in total. The Bertz CT molecular complexity index is 494. The normalized spacial score (nSPS) is 19.5. The number of rotatable bonds is 3. The largest absolute Gasteiger partial charge is 0.357 e. The third-order valence-electron chi connectivity index (χ3n) is 3.29. The number of carbonyl (C=O) groups is 1. The lowest BCUT2D eigenvalue weighted by molar-refractivity contribution is -0.121. The molecule has 1 fully saturated rings. The van der Waals surface area contributed by atoms with E-state index in [0.29, 0.717) is 18.7 Å². The number of hydrogen-bond donors (Lipinski definition) is 2. The fourth-order valence-corrected chi connectivity index (χ4v) is 2.38. The number of nitrogens with one attached hydrogen (secondary N) is 2. The number of carbonyl (C=O) groups excluding carboxylic acids is 1. The lowest BCUT2D eigenvalue weighted by Crippen LogP contribution is -2.49. The Balaban J connectivity index is 2.38. The Kier molecular flexibility index (Phi) is 4.37. The highest BCUT2D eigenvalue weighted by molar-refractivity contribution is 5.86. The fraction of sp³-hybridized carbons (Fsp3) is 0.429. The summed E-state index contributed by atoms with van der Waals surface area (Å²) in [5.41, 5.74) is 1.45. The standard InChI is InChI=1S/C14H18N4O/c1-16-10-13-14(19)17-7-4-8-18(13)12-6-3-2-5-11(12)9-15/h2-3,5-6,13,16H,4,7-8,10H2,1H3,(H,17,19). The van der Waals surface area contributed by atoms with Crippen molar-refractivity contribution in [2.75, 3.05) is 31.6 Å². The summed E-state index contributed by atoms with van der Waals surface area (Å²) < 4.78 is 0. The quantitative estimate of drug-likeness (QED) is 0.827. The van der Waals surface area contributed by atoms with Gasteiger partial charge in [0.25, 0.3) is 0 Å². The molecule has 0 saturated carbocycles. The van der Waals surface area contributed by atoms with Gasteiger partial charge in [0.2, 0.25) is 5.91 Å². The molecule has 5 heteroatoms. The zero-order chi connectivity index (χ0) is 13.7. The van der Waals surface area contributed by atoms with Gasteiger partial charge in [-0.1, -0.05) is 12.1 Å². The second-order valence-electron chi connectivity index (χ2n) is 4.54. The predicted molar refractivity (Wildman–Crippen MR) is 73.8 cm³/mol. The molecule has 19 heavy (non-hydrogen) atoms. The van der Waals surface area contributed by atoms with Gasteiger partial charge in [-0.15, -0.1) is 0 Å². The van der Waals surface area contributed by atoms with Crippen LogP contribution in [0.2, 0.25) is 0 Å². The molecule has 1 aliphatic heterocycles. The van der Waals surface area contributed by atoms with Crippen molar-refractivity contribution in [2.24, 2.45) is 0 Å². The van der Waals surface area contributed by atoms with Crippen molar-refractivity contribution >= 4 is 11.6 Å². The molecule has 2 N–H and O–H groups in total. The second-order valence-corrected chi connectivity index (χ2v) is 4.54. The van der Waals surface area contributed by atoms with E-state index in [4.69, 9.17) is 0 Å². The van der Waals surface area contributed by atoms with Crippen molar-refractivity contribution in [3.63, 3.8) is 0 Å². The number of nitriles is 1. The van der Waals surface area contributed by atoms with Crippen LogP contribution in [0.3, 0.4) is 0 Å². The minimum Gasteiger partial charge on any atom is -0.357 e. The molecular formula is C14H18N4O. The Morgan fingerprint density at radius 2 is 2.32 bits per heavy atom. The van der Waals surface area contributed by atoms with Gasteiger partial charge < -0.3 is 15.5 Å². The van der Waals surface area contributed by atoms with Crippen molar-refractivity contribution in [1.29, 1.82) is 5.26 Å². The van der Waals surface area contributed by atoms with Gasteiger partial charge in [0, 0.05) is 19.6 Å². The molecule has 0 radical (unpaired) electrons. The summed E-state index contributed by atoms with van der Waals surface area (Å²) in [6, 6.07) is 9.35. The fourth-order valence-electron chi connectivity index (χ4n) is 2.38. The highest BCUT2D eigenvalue weighted by Gasteiger charge is 2.28. The van der Waals surface area contributed by atoms with Crippen molar-refractivity contribution in [3.05, 3.63) is 29.8 Å². The SMILES string of the molecule is CNCC1C(=O)NCCCN1c1ccccc1C#N. The molecule has 1 amide bonds. The number of anilines is 1. The summed E-state index contributed by atoms with van der Waals surface area (Å²) in [5, 5.41) is 15.2. The van der Waals surface area contributed by atoms with Crippen LogP contribution in [0.15, 0.2) is 24.3 Å². The number of para-hydroxylation sites is 1. The summed E-state index contributed by atoms with van der Waals surface area (Å²) in [5.74, 6) is 0.0135. The van der Waals surface area contributed by atoms with Crippen LogP contribution in [0, 0.1) is 11.3 Å². The molecular weight excluding hydrogens is 240 g/mol. The van der Waals surface area contributed by atoms with Crippen LogP contribution in [0.4, 0.5) is 5.69 Å². The van der Waals surface area contributed by atoms with E-state index in [1.54, 1.807) is 6.07 Å². The van der Waals surface area contributed by atoms with Gasteiger partial charge in [0.1, 0.15) is 12.1 Å². The predicted octanol–water partition coefficient (Wildman–Crippen LogP) is 0.473. The van der Waals surface area contributed by atoms with Crippen LogP contribution in [-0.4, -0.2) is 38.6 Å². The van der Waals surface area contributed by atoms with Crippen LogP contribution in [-0.2, 0) is 4.79 Å². The Morgan fingerprint density at radius 3 is 3.05 bits per heavy atom. The molecule has 1 saturated heterocycles. The first-order valence-electron chi connectivity index (χ1n) is 6.46. The Labute approximate surface area is 113 Å². The van der Waals surface area contributed by atoms with Gasteiger partial charge in [-0.3, -0.25) is 4.79 Å². The third-order valence-corrected chi connectivity index (χ3v) is 3.29. The van der Waals surface area contributed by atoms with E-state index in [0.717, 1.165) is 18.7 Å². The number of nitrogens with zero attached hydrogens (tertiary/aromatic N) is 2. The van der Waals surface area contributed by atoms with E-state index in [1.165, 1.54) is 0 Å². The summed E-state index contributed by atoms with van der Waals surface area (Å²) in [7, 11) is 1.83. The van der Waals surface area contributed by atoms with Gasteiger partial charge in [-0.25, -0.2) is 0 Å². The summed E-state index contributed by atoms with van der Waals surface area (Å²) in [6.45, 7) is 2.01. The van der Waals surface area contributed by atoms with Crippen LogP contribution in [0.5, 0.6) is 0 Å². The van der Waals surface area contributed by atoms with Gasteiger partial charge in [0.05, 0.1) is 11.3 Å². The highest BCUT2D eigenvalue weighted by atomic mass is 16.2. The van der Waals surface area contributed by atoms with Crippen LogP contribution in [0.1, 0.15) is 12.0 Å². The van der Waals surface area contributed by atoms with Crippen molar-refractivity contribution in [2.45, 2.75) is 12.5 Å². The molecule has 0 bridgehead atoms. The minimum absolute atomic E-state index is 0.0135. The zero-order valence-corrected chi connectivity index (χ0v) is 11.0. The van der Waals surface area contributed by atoms with E-state index in [-0.39, 0.29) is 11.9 Å². The minimum atomic E-state index is -0.276. The molecule has 1 aromatic carbocycles. The van der Waals surface area contributed by atoms with E-state index in [9.17, 15) is 10.1 Å². The topological polar surface area (TPSA) is 68.2 Å². The van der Waals surface area contributed by atoms with Crippen LogP contribution in [0.25, 0.3) is 0 Å². The summed E-state index contributed by atoms with van der Waals surface area (Å²) in [6.07, 6.45) is 0.881. The molecule has 1 aliphatic rings. The molecule has 1 heterocycles. The maximum absolute atomic E-state index is 12.1. The molecule has 100 valence electrons. The summed E-state index contributed by atoms with van der Waals surface area (Å²) in [4.78, 5) is 14.1. The van der Waals surface area contributed by atoms with E-state index in [2.05, 4.69) is 16.7 Å². The lowest BCUT2D eigenvalue weighted by atomic mass is 10.1. The first-order valence-corrected chi connectivity index (χ1v) is 6.46. The van der Waals surface area contributed by atoms with Gasteiger partial charge in [-0.2, -0.15) is 5.26 Å². The van der Waals surface area contributed by atoms with Crippen LogP contribution < -0.4 is 15.5 Å². The maximum atomic E-state index is 12.1. The van der Waals surface area contributed by atoms with Crippen molar-refractivity contribution in [3.8, 4) is 6.07 Å². The first kappa shape index (κ1) is 13.4. The van der Waals surface area contributed by atoms with Gasteiger partial charge >= 0.3 is 0 Å². The third kappa shape index (κ3) is 2.85. The number of benzene rings is 1. The molecule has 1 unspecified atom stereocenters. The van der Waals surface area contributed by atoms with Crippen molar-refractivity contribution < 1.29 is 4.79 Å². The molecule has 0 spiro atoms. The maximum Gasteiger partial charge on any atom is 0.244 e. The van der Waals surface area contributed by atoms with E-state index >= 15 is 0 Å². The Hall–Kier alpha value is -2.06. The summed E-state index contributed by atoms with van der Waals surface area (Å²) >= 11 is 0. The zero-order valence-electron chi connectivity index (χ0n) is 11.0. The molecule has 2 rings (SSSR count). The number of likely N-dealkylation sites (N-methyl/N-ethyl adjacent to an activating group) is 1. The lowest BCUT2D eigenvalue weighted by Gasteiger charge is -2.31. The van der Waals surface area contributed by atoms with E-state index < -0.39 is 0 Å². The number of amides is 1. The molecule has 0 aliphatic carbocycles. The molecule has 0 aromatic heterocycles. The molecule has 1 atom stereocenters. The van der Waals surface area contributed by atoms with E-state index in [1.807, 2.05) is 30.1 Å². The van der Waals surface area contributed by atoms with Crippen LogP contribution >= 0.6 is 0 Å². The molecule has 1 aromatic rings. The van der Waals surface area contributed by atoms with Gasteiger partial charge in [-0.05, 0) is 25.6 Å². The van der Waals surface area contributed by atoms with Crippen molar-refractivity contribution in [1.82, 2.24) is 10.6 Å². The average molecular weight is 258 g/mol. The smallest absolute Gasteiger partial charge is 0.244 e. The Morgan fingerprint density at radius 1 is 1.53 bits per heavy atom. The second kappa shape index (κ2) is 6.21. The number of hydrogen-bond acceptors (Lipinski definition) is 4. The van der Waals surface area contributed by atoms with Gasteiger partial charge in [0.15, 0.2) is 0 Å². The highest BCUT2D eigenvalue weighted by Crippen LogP contribution is 2.23.